The number of hydrogen-bond donors (Lipinski definition) is 3. The number of carbonyl (C=O) groups excluding carboxylic acids is 1. The number of aromatic nitrogens is 2. The summed E-state index contributed by atoms with van der Waals surface area (Å²) in [7, 11) is 0. The van der Waals surface area contributed by atoms with Crippen LogP contribution in [-0.4, -0.2) is 35.3 Å². The first kappa shape index (κ1) is 17.2. The maximum absolute atomic E-state index is 11.9. The molecule has 3 rings (SSSR count). The summed E-state index contributed by atoms with van der Waals surface area (Å²) in [6.45, 7) is 0.889. The summed E-state index contributed by atoms with van der Waals surface area (Å²) in [5.74, 6) is 0.623. The quantitative estimate of drug-likeness (QED) is 0.423. The van der Waals surface area contributed by atoms with E-state index in [2.05, 4.69) is 20.5 Å². The molecule has 0 atom stereocenters. The Hall–Kier alpha value is -2.65. The van der Waals surface area contributed by atoms with E-state index < -0.39 is 5.91 Å². The number of ether oxygens (including phenoxy) is 2. The predicted octanol–water partition coefficient (Wildman–Crippen LogP) is 1.55. The number of nitrogens with one attached hydrogen (secondary N) is 3. The molecule has 10 heteroatoms. The molecule has 0 spiro atoms. The predicted molar refractivity (Wildman–Crippen MR) is 94.1 cm³/mol. The first-order valence-corrected chi connectivity index (χ1v) is 8.03. The monoisotopic (exact) mass is 380 g/mol. The fraction of sp³-hybridized carbons (Fsp3) is 0.200. The fourth-order valence-electron chi connectivity index (χ4n) is 2.21. The van der Waals surface area contributed by atoms with Gasteiger partial charge in [-0.25, -0.2) is 5.43 Å². The third-order valence-corrected chi connectivity index (χ3v) is 3.67. The Balaban J connectivity index is 1.64. The molecule has 8 nitrogen and oxygen atoms in total. The lowest BCUT2D eigenvalue weighted by Crippen LogP contribution is -2.21. The molecule has 1 aromatic carbocycles. The Morgan fingerprint density at radius 3 is 2.92 bits per heavy atom. The minimum Gasteiger partial charge on any atom is -0.486 e. The summed E-state index contributed by atoms with van der Waals surface area (Å²) in [5.41, 5.74) is 3.03. The van der Waals surface area contributed by atoms with Gasteiger partial charge in [0, 0.05) is 11.8 Å². The topological polar surface area (TPSA) is 109 Å². The summed E-state index contributed by atoms with van der Waals surface area (Å²) in [6.07, 6.45) is 1.37. The second-order valence-electron chi connectivity index (χ2n) is 5.11. The third kappa shape index (κ3) is 4.46. The zero-order chi connectivity index (χ0) is 17.8. The van der Waals surface area contributed by atoms with Gasteiger partial charge < -0.3 is 14.5 Å². The van der Waals surface area contributed by atoms with Crippen molar-refractivity contribution in [2.75, 3.05) is 13.2 Å². The van der Waals surface area contributed by atoms with Crippen LogP contribution in [0, 0.1) is 4.77 Å². The number of rotatable bonds is 4. The molecule has 3 N–H and O–H groups in total. The van der Waals surface area contributed by atoms with Crippen molar-refractivity contribution in [2.45, 2.75) is 6.42 Å². The van der Waals surface area contributed by atoms with Gasteiger partial charge in [-0.3, -0.25) is 14.6 Å². The van der Waals surface area contributed by atoms with Gasteiger partial charge >= 0.3 is 0 Å². The van der Waals surface area contributed by atoms with Crippen molar-refractivity contribution in [3.05, 3.63) is 49.6 Å². The van der Waals surface area contributed by atoms with Crippen molar-refractivity contribution >= 4 is 35.9 Å². The first-order chi connectivity index (χ1) is 12.0. The van der Waals surface area contributed by atoms with Crippen molar-refractivity contribution in [2.24, 2.45) is 5.10 Å². The Kier molecular flexibility index (Phi) is 5.15. The fourth-order valence-corrected chi connectivity index (χ4v) is 2.72. The summed E-state index contributed by atoms with van der Waals surface area (Å²) >= 11 is 11.0. The number of nitrogens with zero attached hydrogens (tertiary/aromatic N) is 1. The molecule has 25 heavy (non-hydrogen) atoms. The molecule has 0 saturated carbocycles. The van der Waals surface area contributed by atoms with Gasteiger partial charge in [0.2, 0.25) is 5.91 Å². The largest absolute Gasteiger partial charge is 0.486 e. The van der Waals surface area contributed by atoms with Crippen LogP contribution in [-0.2, 0) is 11.2 Å². The van der Waals surface area contributed by atoms with Gasteiger partial charge in [0.05, 0.1) is 17.7 Å². The highest BCUT2D eigenvalue weighted by Crippen LogP contribution is 2.37. The lowest BCUT2D eigenvalue weighted by molar-refractivity contribution is -0.120. The van der Waals surface area contributed by atoms with E-state index in [0.717, 1.165) is 0 Å². The molecule has 0 fully saturated rings. The standard InChI is InChI=1S/C15H13ClN4O4S/c16-10-3-8(4-11-14(10)24-2-1-23-11)7-17-20-13(22)6-9-5-12(21)19-15(25)18-9/h3-5,7H,1-2,6H2,(H,20,22)(H2,18,19,21,25)/b17-7-. The highest BCUT2D eigenvalue weighted by atomic mass is 35.5. The van der Waals surface area contributed by atoms with Crippen LogP contribution in [0.3, 0.4) is 0 Å². The summed E-state index contributed by atoms with van der Waals surface area (Å²) in [5, 5.41) is 4.27. The Morgan fingerprint density at radius 1 is 1.32 bits per heavy atom. The number of benzene rings is 1. The molecule has 1 aliphatic rings. The second kappa shape index (κ2) is 7.49. The van der Waals surface area contributed by atoms with Crippen LogP contribution in [0.1, 0.15) is 11.3 Å². The van der Waals surface area contributed by atoms with Crippen molar-refractivity contribution in [3.63, 3.8) is 0 Å². The van der Waals surface area contributed by atoms with E-state index >= 15 is 0 Å². The first-order valence-electron chi connectivity index (χ1n) is 7.25. The number of amides is 1. The second-order valence-corrected chi connectivity index (χ2v) is 5.93. The van der Waals surface area contributed by atoms with E-state index in [1.165, 1.54) is 12.3 Å². The number of hydrazone groups is 1. The zero-order valence-electron chi connectivity index (χ0n) is 12.8. The van der Waals surface area contributed by atoms with Gasteiger partial charge in [-0.15, -0.1) is 0 Å². The molecule has 1 amide bonds. The van der Waals surface area contributed by atoms with E-state index in [9.17, 15) is 9.59 Å². The number of hydrogen-bond acceptors (Lipinski definition) is 6. The molecule has 2 aromatic rings. The van der Waals surface area contributed by atoms with Gasteiger partial charge in [-0.2, -0.15) is 5.10 Å². The van der Waals surface area contributed by atoms with Crippen LogP contribution < -0.4 is 20.5 Å². The molecular weight excluding hydrogens is 368 g/mol. The third-order valence-electron chi connectivity index (χ3n) is 3.19. The average molecular weight is 381 g/mol. The van der Waals surface area contributed by atoms with Crippen molar-refractivity contribution in [1.82, 2.24) is 15.4 Å². The van der Waals surface area contributed by atoms with Crippen LogP contribution in [0.25, 0.3) is 0 Å². The number of halogens is 1. The van der Waals surface area contributed by atoms with Gasteiger partial charge in [-0.1, -0.05) is 11.6 Å². The molecular formula is C15H13ClN4O4S. The van der Waals surface area contributed by atoms with E-state index in [-0.39, 0.29) is 16.8 Å². The normalized spacial score (nSPS) is 13.0. The maximum atomic E-state index is 11.9. The van der Waals surface area contributed by atoms with Crippen molar-refractivity contribution in [1.29, 1.82) is 0 Å². The molecule has 0 saturated heterocycles. The summed E-state index contributed by atoms with van der Waals surface area (Å²) in [6, 6.07) is 4.63. The number of fused-ring (bicyclic) bond motifs is 1. The van der Waals surface area contributed by atoms with Crippen LogP contribution in [0.5, 0.6) is 11.5 Å². The summed E-state index contributed by atoms with van der Waals surface area (Å²) in [4.78, 5) is 28.3. The van der Waals surface area contributed by atoms with Crippen molar-refractivity contribution in [3.8, 4) is 11.5 Å². The number of H-pyrrole nitrogens is 2. The van der Waals surface area contributed by atoms with Gasteiger partial charge in [0.1, 0.15) is 13.2 Å². The van der Waals surface area contributed by atoms with E-state index in [1.807, 2.05) is 0 Å². The van der Waals surface area contributed by atoms with E-state index in [1.54, 1.807) is 12.1 Å². The number of carbonyl (C=O) groups is 1. The maximum Gasteiger partial charge on any atom is 0.251 e. The molecule has 130 valence electrons. The van der Waals surface area contributed by atoms with Gasteiger partial charge in [0.15, 0.2) is 16.3 Å². The smallest absolute Gasteiger partial charge is 0.251 e. The summed E-state index contributed by atoms with van der Waals surface area (Å²) < 4.78 is 11.1. The minimum atomic E-state index is -0.406. The lowest BCUT2D eigenvalue weighted by atomic mass is 10.2. The molecule has 0 unspecified atom stereocenters. The highest BCUT2D eigenvalue weighted by Gasteiger charge is 2.16. The zero-order valence-corrected chi connectivity index (χ0v) is 14.4. The molecule has 1 aliphatic heterocycles. The SMILES string of the molecule is O=C(Cc1cc(=O)[nH]c(=S)[nH]1)N/N=C\c1cc(Cl)c2c(c1)OCCO2. The van der Waals surface area contributed by atoms with E-state index in [0.29, 0.717) is 41.0 Å². The molecule has 0 radical (unpaired) electrons. The lowest BCUT2D eigenvalue weighted by Gasteiger charge is -2.19. The highest BCUT2D eigenvalue weighted by molar-refractivity contribution is 7.71. The number of aromatic amines is 2. The average Bonchev–Trinajstić information content (AvgIpc) is 2.54. The van der Waals surface area contributed by atoms with Crippen molar-refractivity contribution < 1.29 is 14.3 Å². The Bertz CT molecular complexity index is 925. The van der Waals surface area contributed by atoms with Gasteiger partial charge in [0.25, 0.3) is 5.56 Å². The van der Waals surface area contributed by atoms with Crippen LogP contribution in [0.4, 0.5) is 0 Å². The molecule has 0 aliphatic carbocycles. The Labute approximate surface area is 151 Å². The van der Waals surface area contributed by atoms with E-state index in [4.69, 9.17) is 33.3 Å². The van der Waals surface area contributed by atoms with Crippen LogP contribution >= 0.6 is 23.8 Å². The van der Waals surface area contributed by atoms with Crippen LogP contribution in [0.15, 0.2) is 28.1 Å². The van der Waals surface area contributed by atoms with Crippen LogP contribution in [0.2, 0.25) is 5.02 Å². The molecule has 2 heterocycles. The van der Waals surface area contributed by atoms with Gasteiger partial charge in [-0.05, 0) is 29.9 Å². The molecule has 0 bridgehead atoms. The molecule has 1 aromatic heterocycles. The Morgan fingerprint density at radius 2 is 2.12 bits per heavy atom. The minimum absolute atomic E-state index is 0.0627.